The summed E-state index contributed by atoms with van der Waals surface area (Å²) in [6.45, 7) is 0.0776. The van der Waals surface area contributed by atoms with Crippen LogP contribution in [0.2, 0.25) is 5.02 Å². The van der Waals surface area contributed by atoms with Gasteiger partial charge in [-0.1, -0.05) is 54.1 Å². The molecule has 0 radical (unpaired) electrons. The van der Waals surface area contributed by atoms with E-state index in [0.29, 0.717) is 11.3 Å². The lowest BCUT2D eigenvalue weighted by Gasteiger charge is -2.37. The fraction of sp³-hybridized carbons (Fsp3) is 0.100. The molecule has 0 aliphatic carbocycles. The monoisotopic (exact) mass is 429 g/mol. The highest BCUT2D eigenvalue weighted by atomic mass is 35.5. The van der Waals surface area contributed by atoms with Crippen LogP contribution in [0.1, 0.15) is 17.3 Å². The average Bonchev–Trinajstić information content (AvgIpc) is 2.71. The third-order valence-corrected chi connectivity index (χ3v) is 6.93. The maximum atomic E-state index is 13.4. The lowest BCUT2D eigenvalue weighted by Crippen LogP contribution is -2.42. The molecule has 0 saturated heterocycles. The average molecular weight is 430 g/mol. The first-order valence-electron chi connectivity index (χ1n) is 8.73. The Labute approximate surface area is 172 Å². The normalized spacial score (nSPS) is 17.9. The highest BCUT2D eigenvalue weighted by Gasteiger charge is 2.40. The second-order valence-electron chi connectivity index (χ2n) is 6.54. The van der Waals surface area contributed by atoms with Gasteiger partial charge in [0, 0.05) is 29.3 Å². The number of hydrogen-bond acceptors (Lipinski definition) is 5. The van der Waals surface area contributed by atoms with Crippen LogP contribution in [0.3, 0.4) is 0 Å². The molecule has 3 aromatic rings. The van der Waals surface area contributed by atoms with Crippen LogP contribution in [0.4, 0.5) is 11.4 Å². The summed E-state index contributed by atoms with van der Waals surface area (Å²) in [5.41, 5.74) is 1.35. The molecule has 1 aliphatic rings. The largest absolute Gasteiger partial charge is 0.364 e. The molecule has 3 aromatic carbocycles. The SMILES string of the molecule is O=[N+]([O-])c1ccc(Cl)c([C@@H]2Nc3ccccc3S(=O)(=O)N2Cc2ccccc2)c1. The maximum Gasteiger partial charge on any atom is 0.269 e. The Morgan fingerprint density at radius 2 is 1.72 bits per heavy atom. The van der Waals surface area contributed by atoms with Gasteiger partial charge in [-0.05, 0) is 23.8 Å². The van der Waals surface area contributed by atoms with Gasteiger partial charge in [-0.3, -0.25) is 10.1 Å². The first-order chi connectivity index (χ1) is 13.9. The summed E-state index contributed by atoms with van der Waals surface area (Å²) in [6.07, 6.45) is -0.900. The van der Waals surface area contributed by atoms with E-state index >= 15 is 0 Å². The summed E-state index contributed by atoms with van der Waals surface area (Å²) in [5, 5.41) is 14.7. The minimum absolute atomic E-state index is 0.0776. The number of sulfonamides is 1. The molecule has 0 aromatic heterocycles. The van der Waals surface area contributed by atoms with Crippen LogP contribution in [-0.4, -0.2) is 17.6 Å². The first kappa shape index (κ1) is 19.4. The molecule has 29 heavy (non-hydrogen) atoms. The number of fused-ring (bicyclic) bond motifs is 1. The molecule has 1 heterocycles. The zero-order valence-corrected chi connectivity index (χ0v) is 16.6. The Morgan fingerprint density at radius 3 is 2.45 bits per heavy atom. The van der Waals surface area contributed by atoms with Crippen LogP contribution >= 0.6 is 11.6 Å². The van der Waals surface area contributed by atoms with Crippen molar-refractivity contribution in [2.75, 3.05) is 5.32 Å². The number of hydrogen-bond donors (Lipinski definition) is 1. The molecular weight excluding hydrogens is 414 g/mol. The molecule has 0 bridgehead atoms. The molecule has 1 atom stereocenters. The number of para-hydroxylation sites is 1. The summed E-state index contributed by atoms with van der Waals surface area (Å²) in [5.74, 6) is 0. The van der Waals surface area contributed by atoms with E-state index in [2.05, 4.69) is 5.32 Å². The van der Waals surface area contributed by atoms with Crippen molar-refractivity contribution in [3.05, 3.63) is 99.1 Å². The second kappa shape index (κ2) is 7.47. The van der Waals surface area contributed by atoms with Gasteiger partial charge in [-0.25, -0.2) is 8.42 Å². The summed E-state index contributed by atoms with van der Waals surface area (Å²) in [7, 11) is -3.89. The van der Waals surface area contributed by atoms with Crippen molar-refractivity contribution in [2.24, 2.45) is 0 Å². The van der Waals surface area contributed by atoms with Crippen LogP contribution in [0.15, 0.2) is 77.7 Å². The number of halogens is 1. The van der Waals surface area contributed by atoms with Crippen molar-refractivity contribution in [3.63, 3.8) is 0 Å². The van der Waals surface area contributed by atoms with Gasteiger partial charge in [-0.2, -0.15) is 4.31 Å². The number of nitrogens with zero attached hydrogens (tertiary/aromatic N) is 2. The molecule has 4 rings (SSSR count). The zero-order chi connectivity index (χ0) is 20.6. The highest BCUT2D eigenvalue weighted by Crippen LogP contribution is 2.41. The number of anilines is 1. The Bertz CT molecular complexity index is 1190. The Kier molecular flexibility index (Phi) is 4.99. The van der Waals surface area contributed by atoms with Crippen molar-refractivity contribution in [3.8, 4) is 0 Å². The van der Waals surface area contributed by atoms with E-state index in [1.54, 1.807) is 18.2 Å². The predicted octanol–water partition coefficient (Wildman–Crippen LogP) is 4.56. The first-order valence-corrected chi connectivity index (χ1v) is 10.5. The van der Waals surface area contributed by atoms with Crippen molar-refractivity contribution in [1.29, 1.82) is 0 Å². The Morgan fingerprint density at radius 1 is 1.03 bits per heavy atom. The van der Waals surface area contributed by atoms with Gasteiger partial charge in [0.2, 0.25) is 10.0 Å². The number of non-ortho nitro benzene ring substituents is 1. The number of nitro benzene ring substituents is 1. The van der Waals surface area contributed by atoms with E-state index in [-0.39, 0.29) is 22.2 Å². The van der Waals surface area contributed by atoms with E-state index in [4.69, 9.17) is 11.6 Å². The standard InChI is InChI=1S/C20H16ClN3O4S/c21-17-11-10-15(24(25)26)12-16(17)20-22-18-8-4-5-9-19(18)29(27,28)23(20)13-14-6-2-1-3-7-14/h1-12,20,22H,13H2/t20-/m1/s1. The molecule has 0 spiro atoms. The van der Waals surface area contributed by atoms with Crippen LogP contribution < -0.4 is 5.32 Å². The molecule has 0 unspecified atom stereocenters. The minimum Gasteiger partial charge on any atom is -0.364 e. The van der Waals surface area contributed by atoms with Gasteiger partial charge in [0.05, 0.1) is 10.6 Å². The maximum absolute atomic E-state index is 13.4. The summed E-state index contributed by atoms with van der Waals surface area (Å²) >= 11 is 6.34. The van der Waals surface area contributed by atoms with Gasteiger partial charge < -0.3 is 5.32 Å². The molecule has 148 valence electrons. The smallest absolute Gasteiger partial charge is 0.269 e. The molecule has 0 fully saturated rings. The predicted molar refractivity (Wildman–Crippen MR) is 110 cm³/mol. The molecule has 7 nitrogen and oxygen atoms in total. The topological polar surface area (TPSA) is 92.5 Å². The number of nitro groups is 1. The molecular formula is C20H16ClN3O4S. The minimum atomic E-state index is -3.89. The van der Waals surface area contributed by atoms with Gasteiger partial charge in [0.25, 0.3) is 5.69 Å². The second-order valence-corrected chi connectivity index (χ2v) is 8.81. The number of nitrogens with one attached hydrogen (secondary N) is 1. The van der Waals surface area contributed by atoms with Gasteiger partial charge in [-0.15, -0.1) is 0 Å². The molecule has 0 amide bonds. The molecule has 9 heteroatoms. The Hall–Kier alpha value is -2.94. The molecule has 1 aliphatic heterocycles. The van der Waals surface area contributed by atoms with Crippen molar-refractivity contribution in [2.45, 2.75) is 17.6 Å². The molecule has 1 N–H and O–H groups in total. The van der Waals surface area contributed by atoms with Gasteiger partial charge in [0.1, 0.15) is 11.1 Å². The van der Waals surface area contributed by atoms with E-state index in [0.717, 1.165) is 5.56 Å². The number of benzene rings is 3. The van der Waals surface area contributed by atoms with E-state index in [1.807, 2.05) is 30.3 Å². The van der Waals surface area contributed by atoms with Crippen LogP contribution in [0.25, 0.3) is 0 Å². The van der Waals surface area contributed by atoms with Gasteiger partial charge >= 0.3 is 0 Å². The quantitative estimate of drug-likeness (QED) is 0.484. The van der Waals surface area contributed by atoms with Crippen molar-refractivity contribution >= 4 is 33.0 Å². The summed E-state index contributed by atoms with van der Waals surface area (Å²) in [6, 6.07) is 19.7. The lowest BCUT2D eigenvalue weighted by atomic mass is 10.1. The van der Waals surface area contributed by atoms with E-state index in [1.165, 1.54) is 28.6 Å². The lowest BCUT2D eigenvalue weighted by molar-refractivity contribution is -0.384. The van der Waals surface area contributed by atoms with Crippen LogP contribution in [0.5, 0.6) is 0 Å². The third-order valence-electron chi connectivity index (χ3n) is 4.72. The fourth-order valence-corrected chi connectivity index (χ4v) is 5.21. The van der Waals surface area contributed by atoms with Crippen molar-refractivity contribution < 1.29 is 13.3 Å². The molecule has 0 saturated carbocycles. The van der Waals surface area contributed by atoms with E-state index < -0.39 is 21.1 Å². The summed E-state index contributed by atoms with van der Waals surface area (Å²) in [4.78, 5) is 10.9. The zero-order valence-electron chi connectivity index (χ0n) is 15.0. The van der Waals surface area contributed by atoms with Crippen molar-refractivity contribution in [1.82, 2.24) is 4.31 Å². The Balaban J connectivity index is 1.89. The third kappa shape index (κ3) is 3.57. The highest BCUT2D eigenvalue weighted by molar-refractivity contribution is 7.89. The number of rotatable bonds is 4. The fourth-order valence-electron chi connectivity index (χ4n) is 3.32. The summed E-state index contributed by atoms with van der Waals surface area (Å²) < 4.78 is 28.1. The van der Waals surface area contributed by atoms with Gasteiger partial charge in [0.15, 0.2) is 0 Å². The van der Waals surface area contributed by atoms with Crippen LogP contribution in [0, 0.1) is 10.1 Å². The van der Waals surface area contributed by atoms with Crippen LogP contribution in [-0.2, 0) is 16.6 Å². The van der Waals surface area contributed by atoms with E-state index in [9.17, 15) is 18.5 Å².